The van der Waals surface area contributed by atoms with Crippen LogP contribution in [0.15, 0.2) is 18.7 Å². The summed E-state index contributed by atoms with van der Waals surface area (Å²) in [6.07, 6.45) is 1.92. The van der Waals surface area contributed by atoms with E-state index in [-0.39, 0.29) is 17.5 Å². The van der Waals surface area contributed by atoms with E-state index >= 15 is 0 Å². The number of carbonyl (C=O) groups is 1. The Morgan fingerprint density at radius 3 is 2.54 bits per heavy atom. The second-order valence-electron chi connectivity index (χ2n) is 5.68. The van der Waals surface area contributed by atoms with Crippen molar-refractivity contribution in [3.05, 3.63) is 29.4 Å². The third kappa shape index (κ3) is 3.46. The van der Waals surface area contributed by atoms with Crippen LogP contribution in [0.4, 0.5) is 4.39 Å². The zero-order valence-corrected chi connectivity index (χ0v) is 15.4. The number of fused-ring (bicyclic) bond motifs is 1. The van der Waals surface area contributed by atoms with Crippen LogP contribution in [-0.4, -0.2) is 20.0 Å². The number of allylic oxidation sites excluding steroid dienone is 1. The summed E-state index contributed by atoms with van der Waals surface area (Å²) in [5, 5.41) is 0.490. The molecule has 0 saturated carbocycles. The number of rotatable bonds is 8. The summed E-state index contributed by atoms with van der Waals surface area (Å²) in [5.74, 6) is 0.261. The molecule has 1 heterocycles. The minimum absolute atomic E-state index is 0.0263. The van der Waals surface area contributed by atoms with Crippen LogP contribution in [0, 0.1) is 11.7 Å². The molecule has 0 fully saturated rings. The Kier molecular flexibility index (Phi) is 5.99. The molecule has 130 valence electrons. The van der Waals surface area contributed by atoms with Crippen molar-refractivity contribution >= 4 is 32.8 Å². The fourth-order valence-electron chi connectivity index (χ4n) is 2.79. The lowest BCUT2D eigenvalue weighted by Gasteiger charge is -2.13. The first-order chi connectivity index (χ1) is 11.5. The van der Waals surface area contributed by atoms with E-state index in [1.165, 1.54) is 25.6 Å². The van der Waals surface area contributed by atoms with Gasteiger partial charge in [0, 0.05) is 33.4 Å². The Labute approximate surface area is 146 Å². The number of ether oxygens (including phenoxy) is 2. The zero-order chi connectivity index (χ0) is 17.9. The maximum atomic E-state index is 14.6. The molecule has 3 nitrogen and oxygen atoms in total. The molecule has 0 amide bonds. The second-order valence-corrected chi connectivity index (χ2v) is 6.77. The lowest BCUT2D eigenvalue weighted by Crippen LogP contribution is -2.12. The minimum atomic E-state index is -0.432. The van der Waals surface area contributed by atoms with Gasteiger partial charge in [-0.15, -0.1) is 11.3 Å². The smallest absolute Gasteiger partial charge is 0.197 e. The SMILES string of the molecule is C=C(CC(CC)C(=O)CC)c1cc2c(F)c(OC)c(OC)cc2s1. The lowest BCUT2D eigenvalue weighted by atomic mass is 9.91. The number of carbonyl (C=O) groups excluding carboxylic acids is 1. The number of methoxy groups -OCH3 is 2. The Bertz CT molecular complexity index is 764. The van der Waals surface area contributed by atoms with E-state index in [0.717, 1.165) is 21.6 Å². The zero-order valence-electron chi connectivity index (χ0n) is 14.6. The first-order valence-corrected chi connectivity index (χ1v) is 8.83. The normalized spacial score (nSPS) is 12.2. The van der Waals surface area contributed by atoms with Crippen LogP contribution < -0.4 is 9.47 Å². The molecular formula is C19H23FO3S. The van der Waals surface area contributed by atoms with Crippen LogP contribution in [0.3, 0.4) is 0 Å². The molecule has 0 bridgehead atoms. The predicted octanol–water partition coefficient (Wildman–Crippen LogP) is 5.47. The molecule has 5 heteroatoms. The van der Waals surface area contributed by atoms with E-state index in [0.29, 0.717) is 24.0 Å². The van der Waals surface area contributed by atoms with Crippen molar-refractivity contribution in [3.63, 3.8) is 0 Å². The van der Waals surface area contributed by atoms with Gasteiger partial charge in [0.2, 0.25) is 0 Å². The summed E-state index contributed by atoms with van der Waals surface area (Å²) >= 11 is 1.45. The summed E-state index contributed by atoms with van der Waals surface area (Å²) < 4.78 is 25.7. The van der Waals surface area contributed by atoms with Crippen LogP contribution in [0.25, 0.3) is 15.7 Å². The fourth-order valence-corrected chi connectivity index (χ4v) is 3.85. The van der Waals surface area contributed by atoms with Crippen molar-refractivity contribution in [2.45, 2.75) is 33.1 Å². The standard InChI is InChI=1S/C19H23FO3S/c1-6-12(14(21)7-2)8-11(3)16-9-13-17(24-16)10-15(22-4)19(23-5)18(13)20/h9-10,12H,3,6-8H2,1-2,4-5H3. The van der Waals surface area contributed by atoms with Gasteiger partial charge in [-0.1, -0.05) is 20.4 Å². The van der Waals surface area contributed by atoms with E-state index in [1.54, 1.807) is 12.1 Å². The first kappa shape index (κ1) is 18.5. The van der Waals surface area contributed by atoms with E-state index in [2.05, 4.69) is 6.58 Å². The molecule has 0 spiro atoms. The van der Waals surface area contributed by atoms with Crippen molar-refractivity contribution in [2.24, 2.45) is 5.92 Å². The largest absolute Gasteiger partial charge is 0.493 e. The number of hydrogen-bond donors (Lipinski definition) is 0. The molecule has 2 rings (SSSR count). The highest BCUT2D eigenvalue weighted by Gasteiger charge is 2.20. The van der Waals surface area contributed by atoms with Gasteiger partial charge in [-0.05, 0) is 24.5 Å². The van der Waals surface area contributed by atoms with Gasteiger partial charge in [0.1, 0.15) is 5.78 Å². The van der Waals surface area contributed by atoms with Crippen LogP contribution in [-0.2, 0) is 4.79 Å². The van der Waals surface area contributed by atoms with Gasteiger partial charge in [0.25, 0.3) is 0 Å². The highest BCUT2D eigenvalue weighted by atomic mass is 32.1. The molecule has 1 atom stereocenters. The summed E-state index contributed by atoms with van der Waals surface area (Å²) in [5.41, 5.74) is 0.863. The molecule has 0 aliphatic carbocycles. The van der Waals surface area contributed by atoms with E-state index < -0.39 is 5.82 Å². The predicted molar refractivity (Wildman–Crippen MR) is 97.6 cm³/mol. The van der Waals surface area contributed by atoms with Crippen molar-refractivity contribution in [1.29, 1.82) is 0 Å². The highest BCUT2D eigenvalue weighted by molar-refractivity contribution is 7.20. The molecule has 1 unspecified atom stereocenters. The van der Waals surface area contributed by atoms with Crippen molar-refractivity contribution in [3.8, 4) is 11.5 Å². The van der Waals surface area contributed by atoms with Gasteiger partial charge in [0.05, 0.1) is 14.2 Å². The maximum Gasteiger partial charge on any atom is 0.197 e. The van der Waals surface area contributed by atoms with Gasteiger partial charge < -0.3 is 9.47 Å². The topological polar surface area (TPSA) is 35.5 Å². The number of hydrogen-bond acceptors (Lipinski definition) is 4. The molecule has 1 aromatic carbocycles. The Hall–Kier alpha value is -1.88. The number of Topliss-reactive ketones (excluding diaryl/α,β-unsaturated/α-hetero) is 1. The lowest BCUT2D eigenvalue weighted by molar-refractivity contribution is -0.122. The van der Waals surface area contributed by atoms with Gasteiger partial charge in [-0.3, -0.25) is 4.79 Å². The highest BCUT2D eigenvalue weighted by Crippen LogP contribution is 2.41. The molecule has 0 aliphatic heterocycles. The minimum Gasteiger partial charge on any atom is -0.493 e. The monoisotopic (exact) mass is 350 g/mol. The number of thiophene rings is 1. The van der Waals surface area contributed by atoms with E-state index in [4.69, 9.17) is 9.47 Å². The Morgan fingerprint density at radius 2 is 2.00 bits per heavy atom. The molecule has 24 heavy (non-hydrogen) atoms. The molecule has 0 radical (unpaired) electrons. The summed E-state index contributed by atoms with van der Waals surface area (Å²) in [6, 6.07) is 3.55. The first-order valence-electron chi connectivity index (χ1n) is 8.01. The van der Waals surface area contributed by atoms with Gasteiger partial charge in [0.15, 0.2) is 17.3 Å². The van der Waals surface area contributed by atoms with E-state index in [1.807, 2.05) is 13.8 Å². The molecule has 1 aromatic heterocycles. The van der Waals surface area contributed by atoms with Crippen LogP contribution in [0.1, 0.15) is 38.0 Å². The summed E-state index contributed by atoms with van der Waals surface area (Å²) in [6.45, 7) is 7.99. The van der Waals surface area contributed by atoms with Crippen molar-refractivity contribution in [1.82, 2.24) is 0 Å². The van der Waals surface area contributed by atoms with Gasteiger partial charge >= 0.3 is 0 Å². The van der Waals surface area contributed by atoms with Crippen molar-refractivity contribution in [2.75, 3.05) is 14.2 Å². The van der Waals surface area contributed by atoms with Crippen LogP contribution in [0.5, 0.6) is 11.5 Å². The number of ketones is 1. The number of benzene rings is 1. The number of halogens is 1. The summed E-state index contributed by atoms with van der Waals surface area (Å²) in [7, 11) is 2.90. The fraction of sp³-hybridized carbons (Fsp3) is 0.421. The Balaban J connectivity index is 2.38. The van der Waals surface area contributed by atoms with E-state index in [9.17, 15) is 9.18 Å². The molecule has 0 N–H and O–H groups in total. The third-order valence-corrected chi connectivity index (χ3v) is 5.43. The molecule has 2 aromatic rings. The van der Waals surface area contributed by atoms with Gasteiger partial charge in [-0.25, -0.2) is 4.39 Å². The van der Waals surface area contributed by atoms with Gasteiger partial charge in [-0.2, -0.15) is 0 Å². The van der Waals surface area contributed by atoms with Crippen LogP contribution >= 0.6 is 11.3 Å². The molecular weight excluding hydrogens is 327 g/mol. The third-order valence-electron chi connectivity index (χ3n) is 4.24. The van der Waals surface area contributed by atoms with Crippen molar-refractivity contribution < 1.29 is 18.7 Å². The maximum absolute atomic E-state index is 14.6. The Morgan fingerprint density at radius 1 is 1.29 bits per heavy atom. The van der Waals surface area contributed by atoms with Crippen LogP contribution in [0.2, 0.25) is 0 Å². The quantitative estimate of drug-likeness (QED) is 0.633. The second kappa shape index (κ2) is 7.79. The average Bonchev–Trinajstić information content (AvgIpc) is 3.03. The molecule has 0 aliphatic rings. The average molecular weight is 350 g/mol. The summed E-state index contributed by atoms with van der Waals surface area (Å²) in [4.78, 5) is 12.9. The molecule has 0 saturated heterocycles.